The minimum absolute atomic E-state index is 0.0565. The van der Waals surface area contributed by atoms with E-state index in [1.807, 2.05) is 29.2 Å². The summed E-state index contributed by atoms with van der Waals surface area (Å²) in [5.74, 6) is 1.04. The number of nitrogens with two attached hydrogens (primary N) is 1. The molecule has 0 aliphatic carbocycles. The lowest BCUT2D eigenvalue weighted by Crippen LogP contribution is -2.29. The van der Waals surface area contributed by atoms with Gasteiger partial charge >= 0.3 is 0 Å². The molecule has 3 rings (SSSR count). The number of anilines is 1. The number of hydrogen-bond donors (Lipinski definition) is 1. The number of nitrogen functional groups attached to an aromatic ring is 1. The van der Waals surface area contributed by atoms with E-state index in [2.05, 4.69) is 9.97 Å². The number of carbonyl (C=O) groups excluding carboxylic acids is 1. The molecule has 2 heterocycles. The van der Waals surface area contributed by atoms with Crippen molar-refractivity contribution in [3.05, 3.63) is 36.2 Å². The van der Waals surface area contributed by atoms with Crippen molar-refractivity contribution in [1.29, 1.82) is 0 Å². The Morgan fingerprint density at radius 1 is 1.43 bits per heavy atom. The van der Waals surface area contributed by atoms with Gasteiger partial charge in [0.05, 0.1) is 18.8 Å². The van der Waals surface area contributed by atoms with Crippen molar-refractivity contribution in [2.45, 2.75) is 25.8 Å². The Labute approximate surface area is 135 Å². The van der Waals surface area contributed by atoms with E-state index < -0.39 is 0 Å². The van der Waals surface area contributed by atoms with Crippen molar-refractivity contribution in [3.63, 3.8) is 0 Å². The molecule has 1 aliphatic heterocycles. The highest BCUT2D eigenvalue weighted by Gasteiger charge is 2.31. The fraction of sp³-hybridized carbons (Fsp3) is 0.353. The molecule has 1 aliphatic rings. The van der Waals surface area contributed by atoms with Crippen LogP contribution in [0.4, 0.5) is 5.95 Å². The zero-order chi connectivity index (χ0) is 16.4. The SMILES string of the molecule is COc1cccc(-c2cnc(N)nc2[C@H]2CCCN2C(C)=O)c1. The lowest BCUT2D eigenvalue weighted by atomic mass is 9.99. The van der Waals surface area contributed by atoms with Gasteiger partial charge in [-0.1, -0.05) is 12.1 Å². The van der Waals surface area contributed by atoms with Crippen LogP contribution in [-0.4, -0.2) is 34.4 Å². The van der Waals surface area contributed by atoms with E-state index in [4.69, 9.17) is 10.5 Å². The molecule has 0 radical (unpaired) electrons. The second kappa shape index (κ2) is 6.24. The van der Waals surface area contributed by atoms with Crippen LogP contribution in [0.1, 0.15) is 31.5 Å². The third kappa shape index (κ3) is 2.97. The van der Waals surface area contributed by atoms with Crippen LogP contribution in [0.15, 0.2) is 30.5 Å². The van der Waals surface area contributed by atoms with Gasteiger partial charge in [0, 0.05) is 25.2 Å². The average molecular weight is 312 g/mol. The van der Waals surface area contributed by atoms with E-state index in [-0.39, 0.29) is 17.9 Å². The van der Waals surface area contributed by atoms with Gasteiger partial charge in [0.1, 0.15) is 5.75 Å². The van der Waals surface area contributed by atoms with Gasteiger partial charge in [0.15, 0.2) is 0 Å². The lowest BCUT2D eigenvalue weighted by Gasteiger charge is -2.24. The number of methoxy groups -OCH3 is 1. The van der Waals surface area contributed by atoms with E-state index >= 15 is 0 Å². The molecule has 0 saturated carbocycles. The predicted octanol–water partition coefficient (Wildman–Crippen LogP) is 2.42. The molecule has 23 heavy (non-hydrogen) atoms. The maximum atomic E-state index is 11.9. The monoisotopic (exact) mass is 312 g/mol. The normalized spacial score (nSPS) is 17.3. The van der Waals surface area contributed by atoms with Crippen molar-refractivity contribution in [3.8, 4) is 16.9 Å². The van der Waals surface area contributed by atoms with Crippen LogP contribution < -0.4 is 10.5 Å². The Hall–Kier alpha value is -2.63. The van der Waals surface area contributed by atoms with Gasteiger partial charge in [-0.15, -0.1) is 0 Å². The summed E-state index contributed by atoms with van der Waals surface area (Å²) >= 11 is 0. The van der Waals surface area contributed by atoms with E-state index in [1.165, 1.54) is 0 Å². The number of benzene rings is 1. The fourth-order valence-electron chi connectivity index (χ4n) is 3.10. The molecule has 2 aromatic rings. The first kappa shape index (κ1) is 15.3. The Bertz CT molecular complexity index is 732. The van der Waals surface area contributed by atoms with E-state index in [9.17, 15) is 4.79 Å². The number of aromatic nitrogens is 2. The third-order valence-corrected chi connectivity index (χ3v) is 4.19. The summed E-state index contributed by atoms with van der Waals surface area (Å²) in [6, 6.07) is 7.67. The van der Waals surface area contributed by atoms with Gasteiger partial charge in [-0.05, 0) is 30.5 Å². The average Bonchev–Trinajstić information content (AvgIpc) is 3.04. The van der Waals surface area contributed by atoms with Crippen molar-refractivity contribution in [2.24, 2.45) is 0 Å². The summed E-state index contributed by atoms with van der Waals surface area (Å²) in [5.41, 5.74) is 8.44. The Kier molecular flexibility index (Phi) is 4.14. The van der Waals surface area contributed by atoms with E-state index in [0.29, 0.717) is 0 Å². The molecule has 0 spiro atoms. The Morgan fingerprint density at radius 3 is 3.00 bits per heavy atom. The number of likely N-dealkylation sites (tertiary alicyclic amines) is 1. The van der Waals surface area contributed by atoms with Crippen LogP contribution in [0.2, 0.25) is 0 Å². The zero-order valence-electron chi connectivity index (χ0n) is 13.3. The summed E-state index contributed by atoms with van der Waals surface area (Å²) in [7, 11) is 1.63. The molecule has 1 aromatic heterocycles. The standard InChI is InChI=1S/C17H20N4O2/c1-11(22)21-8-4-7-15(21)16-14(10-19-17(18)20-16)12-5-3-6-13(9-12)23-2/h3,5-6,9-10,15H,4,7-8H2,1-2H3,(H2,18,19,20)/t15-/m1/s1. The molecule has 0 unspecified atom stereocenters. The number of ether oxygens (including phenoxy) is 1. The summed E-state index contributed by atoms with van der Waals surface area (Å²) < 4.78 is 5.29. The van der Waals surface area contributed by atoms with Crippen LogP contribution in [-0.2, 0) is 4.79 Å². The van der Waals surface area contributed by atoms with Crippen LogP contribution >= 0.6 is 0 Å². The smallest absolute Gasteiger partial charge is 0.220 e. The highest BCUT2D eigenvalue weighted by molar-refractivity contribution is 5.75. The number of amides is 1. The van der Waals surface area contributed by atoms with Gasteiger partial charge in [-0.2, -0.15) is 0 Å². The van der Waals surface area contributed by atoms with Crippen LogP contribution in [0.5, 0.6) is 5.75 Å². The number of nitrogens with zero attached hydrogens (tertiary/aromatic N) is 3. The quantitative estimate of drug-likeness (QED) is 0.941. The van der Waals surface area contributed by atoms with Gasteiger partial charge in [0.25, 0.3) is 0 Å². The molecular weight excluding hydrogens is 292 g/mol. The molecular formula is C17H20N4O2. The fourth-order valence-corrected chi connectivity index (χ4v) is 3.10. The Morgan fingerprint density at radius 2 is 2.26 bits per heavy atom. The molecule has 6 heteroatoms. The molecule has 2 N–H and O–H groups in total. The van der Waals surface area contributed by atoms with E-state index in [0.717, 1.165) is 42.0 Å². The summed E-state index contributed by atoms with van der Waals surface area (Å²) in [6.07, 6.45) is 3.57. The first-order valence-corrected chi connectivity index (χ1v) is 7.64. The second-order valence-electron chi connectivity index (χ2n) is 5.63. The number of carbonyl (C=O) groups is 1. The predicted molar refractivity (Wildman–Crippen MR) is 87.8 cm³/mol. The number of rotatable bonds is 3. The molecule has 1 amide bonds. The first-order valence-electron chi connectivity index (χ1n) is 7.64. The van der Waals surface area contributed by atoms with Crippen molar-refractivity contribution in [2.75, 3.05) is 19.4 Å². The molecule has 1 fully saturated rings. The summed E-state index contributed by atoms with van der Waals surface area (Å²) in [6.45, 7) is 2.34. The van der Waals surface area contributed by atoms with Crippen molar-refractivity contribution in [1.82, 2.24) is 14.9 Å². The Balaban J connectivity index is 2.09. The minimum Gasteiger partial charge on any atom is -0.497 e. The van der Waals surface area contributed by atoms with Crippen molar-refractivity contribution < 1.29 is 9.53 Å². The molecule has 0 bridgehead atoms. The topological polar surface area (TPSA) is 81.3 Å². The maximum Gasteiger partial charge on any atom is 0.220 e. The van der Waals surface area contributed by atoms with Crippen molar-refractivity contribution >= 4 is 11.9 Å². The summed E-state index contributed by atoms with van der Waals surface area (Å²) in [5, 5.41) is 0. The van der Waals surface area contributed by atoms with Crippen LogP contribution in [0.25, 0.3) is 11.1 Å². The number of hydrogen-bond acceptors (Lipinski definition) is 5. The van der Waals surface area contributed by atoms with Crippen LogP contribution in [0.3, 0.4) is 0 Å². The first-order chi connectivity index (χ1) is 11.1. The molecule has 1 atom stereocenters. The van der Waals surface area contributed by atoms with E-state index in [1.54, 1.807) is 20.2 Å². The lowest BCUT2D eigenvalue weighted by molar-refractivity contribution is -0.129. The second-order valence-corrected chi connectivity index (χ2v) is 5.63. The highest BCUT2D eigenvalue weighted by atomic mass is 16.5. The highest BCUT2D eigenvalue weighted by Crippen LogP contribution is 2.37. The molecule has 120 valence electrons. The van der Waals surface area contributed by atoms with Gasteiger partial charge in [-0.25, -0.2) is 9.97 Å². The van der Waals surface area contributed by atoms with Crippen LogP contribution in [0, 0.1) is 0 Å². The molecule has 6 nitrogen and oxygen atoms in total. The molecule has 1 aromatic carbocycles. The summed E-state index contributed by atoms with van der Waals surface area (Å²) in [4.78, 5) is 22.3. The van der Waals surface area contributed by atoms with Gasteiger partial charge in [-0.3, -0.25) is 4.79 Å². The minimum atomic E-state index is -0.0565. The van der Waals surface area contributed by atoms with Gasteiger partial charge in [0.2, 0.25) is 11.9 Å². The molecule has 1 saturated heterocycles. The zero-order valence-corrected chi connectivity index (χ0v) is 13.3. The third-order valence-electron chi connectivity index (χ3n) is 4.19. The largest absolute Gasteiger partial charge is 0.497 e. The maximum absolute atomic E-state index is 11.9. The van der Waals surface area contributed by atoms with Gasteiger partial charge < -0.3 is 15.4 Å².